The minimum atomic E-state index is -0.797. The summed E-state index contributed by atoms with van der Waals surface area (Å²) in [4.78, 5) is 13.6. The lowest BCUT2D eigenvalue weighted by Gasteiger charge is -2.05. The highest BCUT2D eigenvalue weighted by molar-refractivity contribution is 5.63. The molecular weight excluding hydrogens is 188 g/mol. The lowest BCUT2D eigenvalue weighted by atomic mass is 10.2. The minimum absolute atomic E-state index is 0.134. The number of hydrogen-bond donors (Lipinski definition) is 3. The molecule has 6 heteroatoms. The van der Waals surface area contributed by atoms with Gasteiger partial charge in [-0.05, 0) is 0 Å². The molecule has 0 saturated carbocycles. The molecule has 0 bridgehead atoms. The van der Waals surface area contributed by atoms with Crippen molar-refractivity contribution in [3.63, 3.8) is 0 Å². The van der Waals surface area contributed by atoms with Crippen LogP contribution in [0.2, 0.25) is 0 Å². The van der Waals surface area contributed by atoms with Gasteiger partial charge in [0.15, 0.2) is 11.0 Å². The number of aliphatic hydroxyl groups is 1. The third-order valence-electron chi connectivity index (χ3n) is 1.51. The number of nitrogens with zero attached hydrogens (tertiary/aromatic N) is 1. The maximum atomic E-state index is 9.69. The topological polar surface area (TPSA) is 91.2 Å². The van der Waals surface area contributed by atoms with E-state index in [1.54, 1.807) is 35.8 Å². The van der Waals surface area contributed by atoms with Crippen molar-refractivity contribution in [1.29, 1.82) is 0 Å². The maximum absolute atomic E-state index is 9.69. The quantitative estimate of drug-likeness (QED) is 0.386. The van der Waals surface area contributed by atoms with E-state index in [1.807, 2.05) is 5.34 Å². The first-order valence-electron chi connectivity index (χ1n) is 3.68. The third kappa shape index (κ3) is 2.20. The Morgan fingerprint density at radius 3 is 2.50 bits per heavy atom. The molecule has 0 aliphatic carbocycles. The summed E-state index contributed by atoms with van der Waals surface area (Å²) in [6.07, 6.45) is 0. The fourth-order valence-corrected chi connectivity index (χ4v) is 0.922. The van der Waals surface area contributed by atoms with Gasteiger partial charge in [0, 0.05) is 5.56 Å². The molecule has 6 nitrogen and oxygen atoms in total. The largest absolute Gasteiger partial charge is 0.478 e. The molecule has 0 spiro atoms. The fraction of sp³-hybridized carbons (Fsp3) is 0. The highest BCUT2D eigenvalue weighted by Gasteiger charge is 2.09. The molecule has 0 heterocycles. The molecule has 0 fully saturated rings. The molecule has 0 saturated heterocycles. The summed E-state index contributed by atoms with van der Waals surface area (Å²) in [5.41, 5.74) is 2.03. The molecule has 1 rings (SSSR count). The van der Waals surface area contributed by atoms with Crippen molar-refractivity contribution < 1.29 is 15.2 Å². The van der Waals surface area contributed by atoms with Crippen LogP contribution in [0.1, 0.15) is 5.56 Å². The number of hydroxylamine groups is 1. The Balaban J connectivity index is 3.03. The van der Waals surface area contributed by atoms with Crippen molar-refractivity contribution in [2.45, 2.75) is 0 Å². The van der Waals surface area contributed by atoms with Gasteiger partial charge in [-0.1, -0.05) is 30.3 Å². The van der Waals surface area contributed by atoms with Crippen LogP contribution in [0, 0.1) is 4.91 Å². The zero-order chi connectivity index (χ0) is 10.4. The Kier molecular flexibility index (Phi) is 3.45. The summed E-state index contributed by atoms with van der Waals surface area (Å²) >= 11 is 0. The highest BCUT2D eigenvalue weighted by Crippen LogP contribution is 2.14. The molecule has 0 amide bonds. The van der Waals surface area contributed by atoms with Crippen LogP contribution in [0.25, 0.3) is 5.70 Å². The predicted molar refractivity (Wildman–Crippen MR) is 47.8 cm³/mol. The number of benzene rings is 1. The second kappa shape index (κ2) is 4.83. The number of aliphatic hydroxyl groups excluding tert-OH is 1. The van der Waals surface area contributed by atoms with E-state index in [0.717, 1.165) is 0 Å². The maximum Gasteiger partial charge on any atom is 0.337 e. The summed E-state index contributed by atoms with van der Waals surface area (Å²) in [7, 11) is 0. The second-order valence-electron chi connectivity index (χ2n) is 2.32. The van der Waals surface area contributed by atoms with Gasteiger partial charge in [0.05, 0.1) is 0 Å². The molecule has 0 aliphatic rings. The van der Waals surface area contributed by atoms with Crippen LogP contribution < -0.4 is 5.48 Å². The van der Waals surface area contributed by atoms with Crippen LogP contribution in [-0.2, 0) is 4.84 Å². The van der Waals surface area contributed by atoms with Crippen molar-refractivity contribution >= 4 is 5.70 Å². The molecule has 1 aromatic rings. The first kappa shape index (κ1) is 10.0. The Morgan fingerprint density at radius 2 is 2.00 bits per heavy atom. The first-order chi connectivity index (χ1) is 6.79. The molecule has 74 valence electrons. The number of hydrogen-bond acceptors (Lipinski definition) is 6. The summed E-state index contributed by atoms with van der Waals surface area (Å²) < 4.78 is 0. The van der Waals surface area contributed by atoms with Crippen LogP contribution in [0.5, 0.6) is 0 Å². The van der Waals surface area contributed by atoms with Gasteiger partial charge in [-0.15, -0.1) is 4.91 Å². The van der Waals surface area contributed by atoms with E-state index in [-0.39, 0.29) is 5.70 Å². The molecular formula is C8H8N2O4. The van der Waals surface area contributed by atoms with Gasteiger partial charge in [-0.3, -0.25) is 15.5 Å². The molecule has 3 N–H and O–H groups in total. The van der Waals surface area contributed by atoms with Gasteiger partial charge in [-0.25, -0.2) is 0 Å². The van der Waals surface area contributed by atoms with Gasteiger partial charge in [0.1, 0.15) is 0 Å². The first-order valence-corrected chi connectivity index (χ1v) is 3.68. The standard InChI is InChI=1S/C8H8N2O4/c11-8(14-10-13)7(9-12)6-4-2-1-3-5-6/h1-5,9,11-12H/b8-7-. The molecule has 0 atom stereocenters. The van der Waals surface area contributed by atoms with Gasteiger partial charge < -0.3 is 5.11 Å². The summed E-state index contributed by atoms with van der Waals surface area (Å²) in [6, 6.07) is 8.34. The van der Waals surface area contributed by atoms with Crippen LogP contribution >= 0.6 is 0 Å². The lowest BCUT2D eigenvalue weighted by molar-refractivity contribution is 0.0908. The molecule has 0 unspecified atom stereocenters. The van der Waals surface area contributed by atoms with Gasteiger partial charge in [0.2, 0.25) is 0 Å². The van der Waals surface area contributed by atoms with Crippen molar-refractivity contribution in [2.24, 2.45) is 5.34 Å². The molecule has 0 aliphatic heterocycles. The van der Waals surface area contributed by atoms with Gasteiger partial charge in [0.25, 0.3) is 0 Å². The van der Waals surface area contributed by atoms with Crippen molar-refractivity contribution in [3.05, 3.63) is 46.7 Å². The fourth-order valence-electron chi connectivity index (χ4n) is 0.922. The van der Waals surface area contributed by atoms with Crippen LogP contribution in [0.15, 0.2) is 41.6 Å². The van der Waals surface area contributed by atoms with E-state index in [2.05, 4.69) is 4.84 Å². The molecule has 1 aromatic carbocycles. The summed E-state index contributed by atoms with van der Waals surface area (Å²) in [6.45, 7) is 0. The summed E-state index contributed by atoms with van der Waals surface area (Å²) in [5, 5.41) is 19.8. The van der Waals surface area contributed by atoms with E-state index in [9.17, 15) is 4.91 Å². The summed E-state index contributed by atoms with van der Waals surface area (Å²) in [5.74, 6) is -0.797. The Morgan fingerprint density at radius 1 is 1.36 bits per heavy atom. The van der Waals surface area contributed by atoms with E-state index in [0.29, 0.717) is 5.56 Å². The third-order valence-corrected chi connectivity index (χ3v) is 1.51. The van der Waals surface area contributed by atoms with E-state index in [1.165, 1.54) is 0 Å². The van der Waals surface area contributed by atoms with Crippen LogP contribution in [0.3, 0.4) is 0 Å². The average molecular weight is 196 g/mol. The van der Waals surface area contributed by atoms with Gasteiger partial charge in [-0.2, -0.15) is 0 Å². The second-order valence-corrected chi connectivity index (χ2v) is 2.32. The normalized spacial score (nSPS) is 11.5. The Bertz CT molecular complexity index is 336. The van der Waals surface area contributed by atoms with E-state index >= 15 is 0 Å². The SMILES string of the molecule is O=NO/C(O)=C(\NO)c1ccccc1. The predicted octanol–water partition coefficient (Wildman–Crippen LogP) is 1.55. The van der Waals surface area contributed by atoms with Crippen molar-refractivity contribution in [3.8, 4) is 0 Å². The minimum Gasteiger partial charge on any atom is -0.478 e. The lowest BCUT2D eigenvalue weighted by Crippen LogP contribution is -2.09. The smallest absolute Gasteiger partial charge is 0.337 e. The number of rotatable bonds is 4. The van der Waals surface area contributed by atoms with Crippen molar-refractivity contribution in [1.82, 2.24) is 5.48 Å². The Labute approximate surface area is 79.3 Å². The zero-order valence-corrected chi connectivity index (χ0v) is 7.04. The molecule has 0 radical (unpaired) electrons. The molecule has 0 aromatic heterocycles. The van der Waals surface area contributed by atoms with Crippen LogP contribution in [-0.4, -0.2) is 10.3 Å². The highest BCUT2D eigenvalue weighted by atomic mass is 16.8. The number of nitrogens with one attached hydrogen (secondary N) is 1. The Hall–Kier alpha value is -2.08. The van der Waals surface area contributed by atoms with E-state index < -0.39 is 5.95 Å². The van der Waals surface area contributed by atoms with E-state index in [4.69, 9.17) is 10.3 Å². The van der Waals surface area contributed by atoms with Gasteiger partial charge >= 0.3 is 5.95 Å². The van der Waals surface area contributed by atoms with Crippen molar-refractivity contribution in [2.75, 3.05) is 0 Å². The molecule has 14 heavy (non-hydrogen) atoms. The average Bonchev–Trinajstić information content (AvgIpc) is 2.21. The zero-order valence-electron chi connectivity index (χ0n) is 7.04. The monoisotopic (exact) mass is 196 g/mol. The van der Waals surface area contributed by atoms with Crippen LogP contribution in [0.4, 0.5) is 0 Å².